The van der Waals surface area contributed by atoms with Crippen molar-refractivity contribution in [1.82, 2.24) is 10.2 Å². The molecule has 3 heteroatoms. The molecule has 0 radical (unpaired) electrons. The summed E-state index contributed by atoms with van der Waals surface area (Å²) >= 11 is 0. The van der Waals surface area contributed by atoms with Gasteiger partial charge in [0.1, 0.15) is 0 Å². The predicted molar refractivity (Wildman–Crippen MR) is 80.2 cm³/mol. The van der Waals surface area contributed by atoms with E-state index in [9.17, 15) is 0 Å². The molecular weight excluding hydrogens is 224 g/mol. The van der Waals surface area contributed by atoms with Gasteiger partial charge in [-0.15, -0.1) is 0 Å². The smallest absolute Gasteiger partial charge is 0.0477 e. The normalized spacial score (nSPS) is 11.7. The fourth-order valence-electron chi connectivity index (χ4n) is 2.10. The summed E-state index contributed by atoms with van der Waals surface area (Å²) in [5, 5.41) is 3.50. The number of nitrogens with one attached hydrogen (secondary N) is 1. The molecule has 0 unspecified atom stereocenters. The average molecular weight is 258 g/mol. The average Bonchev–Trinajstić information content (AvgIpc) is 2.41. The van der Waals surface area contributed by atoms with Gasteiger partial charge in [-0.05, 0) is 32.4 Å². The molecule has 0 amide bonds. The molecule has 0 bridgehead atoms. The molecule has 0 heterocycles. The molecule has 110 valence electrons. The molecule has 0 aliphatic rings. The van der Waals surface area contributed by atoms with Crippen LogP contribution in [0.2, 0.25) is 0 Å². The first kappa shape index (κ1) is 17.9. The van der Waals surface area contributed by atoms with Crippen LogP contribution in [0, 0.1) is 5.92 Å². The summed E-state index contributed by atoms with van der Waals surface area (Å²) in [5.74, 6) is 0.864. The minimum absolute atomic E-state index is 0.832. The fraction of sp³-hybridized carbons (Fsp3) is 1.00. The summed E-state index contributed by atoms with van der Waals surface area (Å²) in [7, 11) is 0. The van der Waals surface area contributed by atoms with E-state index in [-0.39, 0.29) is 0 Å². The minimum atomic E-state index is 0.832. The third kappa shape index (κ3) is 9.86. The maximum absolute atomic E-state index is 5.31. The van der Waals surface area contributed by atoms with Gasteiger partial charge in [-0.1, -0.05) is 33.6 Å². The minimum Gasteiger partial charge on any atom is -0.382 e. The van der Waals surface area contributed by atoms with Crippen molar-refractivity contribution in [2.45, 2.75) is 47.0 Å². The van der Waals surface area contributed by atoms with Gasteiger partial charge in [0, 0.05) is 32.8 Å². The molecule has 0 aromatic carbocycles. The number of hydrogen-bond donors (Lipinski definition) is 1. The Morgan fingerprint density at radius 2 is 1.78 bits per heavy atom. The van der Waals surface area contributed by atoms with E-state index in [1.54, 1.807) is 0 Å². The Bertz CT molecular complexity index is 161. The molecule has 0 atom stereocenters. The van der Waals surface area contributed by atoms with E-state index >= 15 is 0 Å². The van der Waals surface area contributed by atoms with Crippen LogP contribution in [-0.4, -0.2) is 50.8 Å². The van der Waals surface area contributed by atoms with Gasteiger partial charge < -0.3 is 15.0 Å². The molecule has 3 nitrogen and oxygen atoms in total. The van der Waals surface area contributed by atoms with Crippen molar-refractivity contribution in [2.75, 3.05) is 45.9 Å². The van der Waals surface area contributed by atoms with Gasteiger partial charge in [-0.25, -0.2) is 0 Å². The number of nitrogens with zero attached hydrogens (tertiary/aromatic N) is 1. The number of rotatable bonds is 13. The summed E-state index contributed by atoms with van der Waals surface area (Å²) in [6.07, 6.45) is 3.72. The Balaban J connectivity index is 3.49. The summed E-state index contributed by atoms with van der Waals surface area (Å²) in [4.78, 5) is 2.56. The van der Waals surface area contributed by atoms with Crippen molar-refractivity contribution in [2.24, 2.45) is 5.92 Å². The van der Waals surface area contributed by atoms with Gasteiger partial charge >= 0.3 is 0 Å². The fourth-order valence-corrected chi connectivity index (χ4v) is 2.10. The van der Waals surface area contributed by atoms with Crippen LogP contribution >= 0.6 is 0 Å². The number of ether oxygens (including phenoxy) is 1. The Kier molecular flexibility index (Phi) is 13.2. The quantitative estimate of drug-likeness (QED) is 0.514. The summed E-state index contributed by atoms with van der Waals surface area (Å²) in [6.45, 7) is 16.4. The van der Waals surface area contributed by atoms with Gasteiger partial charge in [0.05, 0.1) is 0 Å². The van der Waals surface area contributed by atoms with Crippen LogP contribution in [0.3, 0.4) is 0 Å². The second-order valence-corrected chi connectivity index (χ2v) is 4.88. The van der Waals surface area contributed by atoms with E-state index in [2.05, 4.69) is 31.0 Å². The SMILES string of the molecule is CCOCCCNCCN(CC)CC(CC)CC. The predicted octanol–water partition coefficient (Wildman–Crippen LogP) is 2.76. The van der Waals surface area contributed by atoms with Gasteiger partial charge in [0.2, 0.25) is 0 Å². The number of hydrogen-bond acceptors (Lipinski definition) is 3. The zero-order valence-electron chi connectivity index (χ0n) is 13.0. The molecular formula is C15H34N2O. The highest BCUT2D eigenvalue weighted by atomic mass is 16.5. The van der Waals surface area contributed by atoms with Crippen LogP contribution in [0.4, 0.5) is 0 Å². The Morgan fingerprint density at radius 3 is 2.33 bits per heavy atom. The van der Waals surface area contributed by atoms with Crippen LogP contribution in [-0.2, 0) is 4.74 Å². The van der Waals surface area contributed by atoms with Gasteiger partial charge in [-0.3, -0.25) is 0 Å². The molecule has 0 fully saturated rings. The van der Waals surface area contributed by atoms with Gasteiger partial charge in [0.15, 0.2) is 0 Å². The molecule has 0 aromatic rings. The summed E-state index contributed by atoms with van der Waals surface area (Å²) in [5.41, 5.74) is 0. The summed E-state index contributed by atoms with van der Waals surface area (Å²) < 4.78 is 5.31. The molecule has 0 saturated carbocycles. The van der Waals surface area contributed by atoms with Crippen LogP contribution in [0.1, 0.15) is 47.0 Å². The van der Waals surface area contributed by atoms with Crippen molar-refractivity contribution in [3.05, 3.63) is 0 Å². The third-order valence-corrected chi connectivity index (χ3v) is 3.57. The van der Waals surface area contributed by atoms with Gasteiger partial charge in [-0.2, -0.15) is 0 Å². The lowest BCUT2D eigenvalue weighted by Crippen LogP contribution is -2.35. The zero-order valence-corrected chi connectivity index (χ0v) is 13.0. The monoisotopic (exact) mass is 258 g/mol. The Morgan fingerprint density at radius 1 is 1.06 bits per heavy atom. The number of likely N-dealkylation sites (N-methyl/N-ethyl adjacent to an activating group) is 1. The second-order valence-electron chi connectivity index (χ2n) is 4.88. The highest BCUT2D eigenvalue weighted by Gasteiger charge is 2.08. The van der Waals surface area contributed by atoms with E-state index in [0.29, 0.717) is 0 Å². The zero-order chi connectivity index (χ0) is 13.6. The van der Waals surface area contributed by atoms with Crippen molar-refractivity contribution in [3.8, 4) is 0 Å². The van der Waals surface area contributed by atoms with Gasteiger partial charge in [0.25, 0.3) is 0 Å². The Hall–Kier alpha value is -0.120. The Labute approximate surface area is 114 Å². The highest BCUT2D eigenvalue weighted by molar-refractivity contribution is 4.64. The van der Waals surface area contributed by atoms with Crippen LogP contribution in [0.25, 0.3) is 0 Å². The molecule has 0 rings (SSSR count). The third-order valence-electron chi connectivity index (χ3n) is 3.57. The van der Waals surface area contributed by atoms with Crippen molar-refractivity contribution >= 4 is 0 Å². The van der Waals surface area contributed by atoms with E-state index in [1.807, 2.05) is 6.92 Å². The maximum atomic E-state index is 5.31. The first-order valence-electron chi connectivity index (χ1n) is 7.79. The topological polar surface area (TPSA) is 24.5 Å². The molecule has 0 spiro atoms. The molecule has 0 aliphatic heterocycles. The van der Waals surface area contributed by atoms with Crippen molar-refractivity contribution < 1.29 is 4.74 Å². The van der Waals surface area contributed by atoms with Crippen LogP contribution in [0.15, 0.2) is 0 Å². The molecule has 0 aliphatic carbocycles. The largest absolute Gasteiger partial charge is 0.382 e. The van der Waals surface area contributed by atoms with Crippen molar-refractivity contribution in [3.63, 3.8) is 0 Å². The second kappa shape index (κ2) is 13.3. The van der Waals surface area contributed by atoms with E-state index in [1.165, 1.54) is 25.9 Å². The van der Waals surface area contributed by atoms with Crippen LogP contribution < -0.4 is 5.32 Å². The molecule has 0 saturated heterocycles. The highest BCUT2D eigenvalue weighted by Crippen LogP contribution is 2.09. The lowest BCUT2D eigenvalue weighted by atomic mass is 10.0. The lowest BCUT2D eigenvalue weighted by molar-refractivity contribution is 0.144. The maximum Gasteiger partial charge on any atom is 0.0477 e. The first-order chi connectivity index (χ1) is 8.78. The first-order valence-corrected chi connectivity index (χ1v) is 7.79. The van der Waals surface area contributed by atoms with E-state index in [4.69, 9.17) is 4.74 Å². The lowest BCUT2D eigenvalue weighted by Gasteiger charge is -2.25. The molecule has 1 N–H and O–H groups in total. The van der Waals surface area contributed by atoms with Crippen LogP contribution in [0.5, 0.6) is 0 Å². The van der Waals surface area contributed by atoms with E-state index in [0.717, 1.165) is 45.2 Å². The van der Waals surface area contributed by atoms with E-state index < -0.39 is 0 Å². The molecule has 0 aromatic heterocycles. The van der Waals surface area contributed by atoms with Crippen molar-refractivity contribution in [1.29, 1.82) is 0 Å². The molecule has 18 heavy (non-hydrogen) atoms. The summed E-state index contributed by atoms with van der Waals surface area (Å²) in [6, 6.07) is 0. The standard InChI is InChI=1S/C15H34N2O/c1-5-15(6-2)14-17(7-3)12-11-16-10-9-13-18-8-4/h15-16H,5-14H2,1-4H3.